The third kappa shape index (κ3) is 3.06. The number of hydrogen-bond acceptors (Lipinski definition) is 4. The summed E-state index contributed by atoms with van der Waals surface area (Å²) in [6, 6.07) is 8.98. The Morgan fingerprint density at radius 2 is 2.00 bits per heavy atom. The maximum absolute atomic E-state index is 12.1. The van der Waals surface area contributed by atoms with E-state index >= 15 is 0 Å². The van der Waals surface area contributed by atoms with Crippen molar-refractivity contribution in [2.45, 2.75) is 6.92 Å². The van der Waals surface area contributed by atoms with E-state index in [1.807, 2.05) is 44.1 Å². The summed E-state index contributed by atoms with van der Waals surface area (Å²) in [5, 5.41) is 2.86. The van der Waals surface area contributed by atoms with Gasteiger partial charge in [0.25, 0.3) is 5.91 Å². The lowest BCUT2D eigenvalue weighted by atomic mass is 10.1. The van der Waals surface area contributed by atoms with Crippen molar-refractivity contribution >= 4 is 23.1 Å². The van der Waals surface area contributed by atoms with Gasteiger partial charge in [-0.05, 0) is 36.8 Å². The Hall–Kier alpha value is -2.56. The van der Waals surface area contributed by atoms with Crippen molar-refractivity contribution in [1.82, 2.24) is 4.98 Å². The number of carbonyl (C=O) groups excluding carboxylic acids is 1. The number of aryl methyl sites for hydroxylation is 1. The number of nitrogens with one attached hydrogen (secondary N) is 1. The number of amides is 1. The number of benzene rings is 1. The SMILES string of the molecule is Cc1ccc(NC(=O)c2ccnc(N)c2)cc1N(C)C. The smallest absolute Gasteiger partial charge is 0.255 e. The van der Waals surface area contributed by atoms with Gasteiger partial charge in [0.05, 0.1) is 0 Å². The second-order valence-electron chi connectivity index (χ2n) is 4.82. The monoisotopic (exact) mass is 270 g/mol. The summed E-state index contributed by atoms with van der Waals surface area (Å²) < 4.78 is 0. The molecule has 0 unspecified atom stereocenters. The number of anilines is 3. The third-order valence-corrected chi connectivity index (χ3v) is 2.99. The largest absolute Gasteiger partial charge is 0.384 e. The van der Waals surface area contributed by atoms with Crippen molar-refractivity contribution in [1.29, 1.82) is 0 Å². The highest BCUT2D eigenvalue weighted by Gasteiger charge is 2.08. The van der Waals surface area contributed by atoms with Gasteiger partial charge in [-0.25, -0.2) is 4.98 Å². The van der Waals surface area contributed by atoms with Crippen molar-refractivity contribution < 1.29 is 4.79 Å². The van der Waals surface area contributed by atoms with Crippen LogP contribution in [0.4, 0.5) is 17.2 Å². The molecule has 0 aliphatic heterocycles. The van der Waals surface area contributed by atoms with Crippen molar-refractivity contribution in [3.63, 3.8) is 0 Å². The highest BCUT2D eigenvalue weighted by molar-refractivity contribution is 6.04. The molecule has 1 heterocycles. The minimum Gasteiger partial charge on any atom is -0.384 e. The minimum absolute atomic E-state index is 0.201. The lowest BCUT2D eigenvalue weighted by Gasteiger charge is -2.17. The van der Waals surface area contributed by atoms with Crippen LogP contribution in [0.2, 0.25) is 0 Å². The van der Waals surface area contributed by atoms with Gasteiger partial charge < -0.3 is 16.0 Å². The van der Waals surface area contributed by atoms with Crippen molar-refractivity contribution in [2.75, 3.05) is 30.0 Å². The van der Waals surface area contributed by atoms with E-state index in [0.717, 1.165) is 16.9 Å². The van der Waals surface area contributed by atoms with Crippen LogP contribution < -0.4 is 16.0 Å². The van der Waals surface area contributed by atoms with Crippen LogP contribution in [0.15, 0.2) is 36.5 Å². The molecule has 0 saturated heterocycles. The van der Waals surface area contributed by atoms with Crippen molar-refractivity contribution in [3.8, 4) is 0 Å². The molecule has 0 aliphatic carbocycles. The van der Waals surface area contributed by atoms with Crippen molar-refractivity contribution in [2.24, 2.45) is 0 Å². The van der Waals surface area contributed by atoms with E-state index in [2.05, 4.69) is 10.3 Å². The topological polar surface area (TPSA) is 71.2 Å². The van der Waals surface area contributed by atoms with Gasteiger partial charge in [0, 0.05) is 37.2 Å². The Balaban J connectivity index is 2.22. The second kappa shape index (κ2) is 5.61. The fourth-order valence-electron chi connectivity index (χ4n) is 1.96. The quantitative estimate of drug-likeness (QED) is 0.897. The molecule has 0 saturated carbocycles. The van der Waals surface area contributed by atoms with Crippen LogP contribution in [-0.2, 0) is 0 Å². The first kappa shape index (κ1) is 13.9. The molecule has 0 aliphatic rings. The molecular weight excluding hydrogens is 252 g/mol. The van der Waals surface area contributed by atoms with Crippen molar-refractivity contribution in [3.05, 3.63) is 47.7 Å². The predicted octanol–water partition coefficient (Wildman–Crippen LogP) is 2.29. The Morgan fingerprint density at radius 1 is 1.25 bits per heavy atom. The maximum atomic E-state index is 12.1. The second-order valence-corrected chi connectivity index (χ2v) is 4.82. The van der Waals surface area contributed by atoms with Crippen LogP contribution in [-0.4, -0.2) is 25.0 Å². The first-order valence-corrected chi connectivity index (χ1v) is 6.28. The van der Waals surface area contributed by atoms with E-state index in [9.17, 15) is 4.79 Å². The summed E-state index contributed by atoms with van der Waals surface area (Å²) in [5.41, 5.74) is 9.04. The number of nitrogen functional groups attached to an aromatic ring is 1. The fraction of sp³-hybridized carbons (Fsp3) is 0.200. The van der Waals surface area contributed by atoms with Gasteiger partial charge in [-0.1, -0.05) is 6.07 Å². The lowest BCUT2D eigenvalue weighted by Crippen LogP contribution is -2.14. The van der Waals surface area contributed by atoms with E-state index in [1.54, 1.807) is 12.1 Å². The molecule has 0 fully saturated rings. The predicted molar refractivity (Wildman–Crippen MR) is 82.1 cm³/mol. The fourth-order valence-corrected chi connectivity index (χ4v) is 1.96. The highest BCUT2D eigenvalue weighted by Crippen LogP contribution is 2.23. The van der Waals surface area contributed by atoms with Gasteiger partial charge in [0.2, 0.25) is 0 Å². The molecule has 1 aromatic heterocycles. The molecule has 1 amide bonds. The van der Waals surface area contributed by atoms with Crippen LogP contribution >= 0.6 is 0 Å². The lowest BCUT2D eigenvalue weighted by molar-refractivity contribution is 0.102. The molecule has 1 aromatic carbocycles. The number of nitrogens with two attached hydrogens (primary N) is 1. The first-order chi connectivity index (χ1) is 9.47. The molecule has 0 atom stereocenters. The standard InChI is InChI=1S/C15H18N4O/c1-10-4-5-12(9-13(10)19(2)3)18-15(20)11-6-7-17-14(16)8-11/h4-9H,1-3H3,(H2,16,17)(H,18,20). The summed E-state index contributed by atoms with van der Waals surface area (Å²) in [5.74, 6) is 0.128. The van der Waals surface area contributed by atoms with Gasteiger partial charge in [-0.2, -0.15) is 0 Å². The maximum Gasteiger partial charge on any atom is 0.255 e. The zero-order valence-corrected chi connectivity index (χ0v) is 11.8. The Kier molecular flexibility index (Phi) is 3.89. The number of hydrogen-bond donors (Lipinski definition) is 2. The van der Waals surface area contributed by atoms with E-state index < -0.39 is 0 Å². The number of aromatic nitrogens is 1. The minimum atomic E-state index is -0.201. The van der Waals surface area contributed by atoms with E-state index in [0.29, 0.717) is 11.4 Å². The highest BCUT2D eigenvalue weighted by atomic mass is 16.1. The molecule has 5 heteroatoms. The molecule has 104 valence electrons. The van der Waals surface area contributed by atoms with Gasteiger partial charge in [-0.3, -0.25) is 4.79 Å². The number of carbonyl (C=O) groups is 1. The zero-order valence-electron chi connectivity index (χ0n) is 11.8. The molecule has 0 spiro atoms. The van der Waals surface area contributed by atoms with E-state index in [4.69, 9.17) is 5.73 Å². The van der Waals surface area contributed by atoms with Crippen LogP contribution in [0.3, 0.4) is 0 Å². The van der Waals surface area contributed by atoms with Gasteiger partial charge >= 0.3 is 0 Å². The summed E-state index contributed by atoms with van der Waals surface area (Å²) >= 11 is 0. The van der Waals surface area contributed by atoms with Crippen LogP contribution in [0.1, 0.15) is 15.9 Å². The van der Waals surface area contributed by atoms with E-state index in [1.165, 1.54) is 6.20 Å². The molecule has 2 aromatic rings. The Bertz CT molecular complexity index is 638. The summed E-state index contributed by atoms with van der Waals surface area (Å²) in [6.07, 6.45) is 1.52. The molecular formula is C15H18N4O. The zero-order chi connectivity index (χ0) is 14.7. The van der Waals surface area contributed by atoms with Gasteiger partial charge in [0.15, 0.2) is 0 Å². The van der Waals surface area contributed by atoms with Gasteiger partial charge in [-0.15, -0.1) is 0 Å². The van der Waals surface area contributed by atoms with Gasteiger partial charge in [0.1, 0.15) is 5.82 Å². The van der Waals surface area contributed by atoms with Crippen LogP contribution in [0, 0.1) is 6.92 Å². The molecule has 2 rings (SSSR count). The Morgan fingerprint density at radius 3 is 2.65 bits per heavy atom. The molecule has 20 heavy (non-hydrogen) atoms. The molecule has 0 bridgehead atoms. The molecule has 0 radical (unpaired) electrons. The number of nitrogens with zero attached hydrogens (tertiary/aromatic N) is 2. The van der Waals surface area contributed by atoms with E-state index in [-0.39, 0.29) is 5.91 Å². The molecule has 5 nitrogen and oxygen atoms in total. The summed E-state index contributed by atoms with van der Waals surface area (Å²) in [6.45, 7) is 2.03. The normalized spacial score (nSPS) is 10.2. The average Bonchev–Trinajstić information content (AvgIpc) is 2.40. The number of pyridine rings is 1. The summed E-state index contributed by atoms with van der Waals surface area (Å²) in [4.78, 5) is 18.0. The van der Waals surface area contributed by atoms with Crippen LogP contribution in [0.25, 0.3) is 0 Å². The average molecular weight is 270 g/mol. The number of rotatable bonds is 3. The van der Waals surface area contributed by atoms with Crippen LogP contribution in [0.5, 0.6) is 0 Å². The molecule has 3 N–H and O–H groups in total. The Labute approximate surface area is 118 Å². The third-order valence-electron chi connectivity index (χ3n) is 2.99. The first-order valence-electron chi connectivity index (χ1n) is 6.28. The summed E-state index contributed by atoms with van der Waals surface area (Å²) in [7, 11) is 3.94.